The first kappa shape index (κ1) is 33.7. The molecule has 1 heterocycles. The van der Waals surface area contributed by atoms with Crippen LogP contribution in [0.25, 0.3) is 11.0 Å². The van der Waals surface area contributed by atoms with Crippen molar-refractivity contribution in [2.24, 2.45) is 11.5 Å². The normalized spacial score (nSPS) is 12.7. The highest BCUT2D eigenvalue weighted by Crippen LogP contribution is 2.24. The van der Waals surface area contributed by atoms with E-state index in [0.717, 1.165) is 69.7 Å². The van der Waals surface area contributed by atoms with Crippen LogP contribution >= 0.6 is 12.2 Å². The number of carbonyl (C=O) groups excluding carboxylic acids is 1. The summed E-state index contributed by atoms with van der Waals surface area (Å²) in [4.78, 5) is 22.2. The number of hydrogen-bond acceptors (Lipinski definition) is 5. The first-order valence-electron chi connectivity index (χ1n) is 16.8. The minimum Gasteiger partial charge on any atom is -0.384 e. The summed E-state index contributed by atoms with van der Waals surface area (Å²) in [5.74, 6) is 0.984. The molecule has 8 heteroatoms. The molecule has 4 aromatic carbocycles. The highest BCUT2D eigenvalue weighted by atomic mass is 32.1. The molecule has 0 bridgehead atoms. The molecule has 0 saturated heterocycles. The molecule has 0 saturated carbocycles. The predicted octanol–water partition coefficient (Wildman–Crippen LogP) is 7.10. The Morgan fingerprint density at radius 2 is 1.55 bits per heavy atom. The van der Waals surface area contributed by atoms with Crippen molar-refractivity contribution in [2.45, 2.75) is 51.7 Å². The maximum Gasteiger partial charge on any atom is 0.254 e. The second-order valence-corrected chi connectivity index (χ2v) is 13.0. The number of nitrogens with two attached hydrogens (primary N) is 2. The van der Waals surface area contributed by atoms with E-state index in [0.29, 0.717) is 43.7 Å². The predicted molar refractivity (Wildman–Crippen MR) is 203 cm³/mol. The molecular formula is C41H42N6OS. The minimum atomic E-state index is -0.0131. The van der Waals surface area contributed by atoms with E-state index in [-0.39, 0.29) is 11.7 Å². The Balaban J connectivity index is 1.28. The monoisotopic (exact) mass is 666 g/mol. The number of benzene rings is 4. The van der Waals surface area contributed by atoms with E-state index >= 15 is 0 Å². The van der Waals surface area contributed by atoms with Crippen LogP contribution in [0.4, 0.5) is 0 Å². The molecule has 0 spiro atoms. The number of amidine groups is 1. The molecule has 0 aliphatic heterocycles. The standard InChI is InChI=1S/C41H42N6OS/c42-26-31-12-14-32(15-13-31)27-46(24-6-9-29-7-2-1-3-8-29)41(48)34-21-22-37-36(25-34)45-39(47(37)28-35-10-4-5-11-38(35)49)23-18-30-16-19-33(20-17-30)40(43)44/h1-5,7-8,10,12-17,19-22,25H,6,9,11,18,23-24,26-28,42H2,(H3,43,44). The van der Waals surface area contributed by atoms with Crippen LogP contribution in [0.1, 0.15) is 56.8 Å². The fourth-order valence-electron chi connectivity index (χ4n) is 6.24. The number of aryl methyl sites for hydroxylation is 3. The van der Waals surface area contributed by atoms with Gasteiger partial charge in [-0.1, -0.05) is 109 Å². The van der Waals surface area contributed by atoms with Crippen LogP contribution in [-0.2, 0) is 38.9 Å². The van der Waals surface area contributed by atoms with Gasteiger partial charge in [-0.3, -0.25) is 10.2 Å². The lowest BCUT2D eigenvalue weighted by atomic mass is 10.0. The number of thiocarbonyl (C=S) groups is 1. The largest absolute Gasteiger partial charge is 0.384 e. The van der Waals surface area contributed by atoms with Gasteiger partial charge in [0.2, 0.25) is 0 Å². The molecule has 5 aromatic rings. The summed E-state index contributed by atoms with van der Waals surface area (Å²) in [6, 6.07) is 32.3. The maximum absolute atomic E-state index is 14.2. The maximum atomic E-state index is 14.2. The van der Waals surface area contributed by atoms with Gasteiger partial charge in [-0.25, -0.2) is 4.98 Å². The van der Waals surface area contributed by atoms with Gasteiger partial charge in [-0.05, 0) is 65.3 Å². The molecule has 0 fully saturated rings. The number of allylic oxidation sites excluding steroid dienone is 4. The van der Waals surface area contributed by atoms with Crippen molar-refractivity contribution in [3.63, 3.8) is 0 Å². The number of nitrogens with zero attached hydrogens (tertiary/aromatic N) is 3. The number of fused-ring (bicyclic) bond motifs is 1. The highest BCUT2D eigenvalue weighted by molar-refractivity contribution is 7.80. The van der Waals surface area contributed by atoms with Crippen molar-refractivity contribution in [3.8, 4) is 0 Å². The summed E-state index contributed by atoms with van der Waals surface area (Å²) in [5.41, 5.74) is 20.2. The van der Waals surface area contributed by atoms with Crippen molar-refractivity contribution >= 4 is 39.9 Å². The van der Waals surface area contributed by atoms with E-state index in [1.165, 1.54) is 5.56 Å². The smallest absolute Gasteiger partial charge is 0.254 e. The van der Waals surface area contributed by atoms with Crippen molar-refractivity contribution in [1.82, 2.24) is 14.5 Å². The quantitative estimate of drug-likeness (QED) is 0.0665. The molecule has 5 N–H and O–H groups in total. The van der Waals surface area contributed by atoms with Gasteiger partial charge in [0.05, 0.1) is 17.6 Å². The molecule has 1 aromatic heterocycles. The SMILES string of the molecule is N=C(N)c1ccc(CCc2nc3cc(C(=O)N(CCCc4ccccc4)Cc4ccc(CN)cc4)ccc3n2CC2=CC=CCC2=S)cc1. The van der Waals surface area contributed by atoms with E-state index in [9.17, 15) is 4.79 Å². The molecule has 0 unspecified atom stereocenters. The van der Waals surface area contributed by atoms with Crippen LogP contribution in [0.15, 0.2) is 121 Å². The number of aromatic nitrogens is 2. The number of nitrogen functional groups attached to an aromatic ring is 1. The lowest BCUT2D eigenvalue weighted by Gasteiger charge is -2.23. The number of amides is 1. The van der Waals surface area contributed by atoms with Crippen molar-refractivity contribution in [3.05, 3.63) is 160 Å². The van der Waals surface area contributed by atoms with E-state index in [1.54, 1.807) is 0 Å². The van der Waals surface area contributed by atoms with E-state index in [4.69, 9.17) is 34.1 Å². The van der Waals surface area contributed by atoms with E-state index in [1.807, 2.05) is 65.6 Å². The lowest BCUT2D eigenvalue weighted by Crippen LogP contribution is -2.31. The molecule has 1 aliphatic carbocycles. The van der Waals surface area contributed by atoms with Crippen LogP contribution in [0, 0.1) is 5.41 Å². The molecule has 7 nitrogen and oxygen atoms in total. The van der Waals surface area contributed by atoms with Gasteiger partial charge in [-0.2, -0.15) is 0 Å². The summed E-state index contributed by atoms with van der Waals surface area (Å²) < 4.78 is 2.24. The third kappa shape index (κ3) is 8.46. The summed E-state index contributed by atoms with van der Waals surface area (Å²) in [6.45, 7) is 2.25. The van der Waals surface area contributed by atoms with Crippen molar-refractivity contribution < 1.29 is 4.79 Å². The van der Waals surface area contributed by atoms with Gasteiger partial charge >= 0.3 is 0 Å². The first-order chi connectivity index (χ1) is 23.9. The third-order valence-electron chi connectivity index (χ3n) is 9.06. The third-order valence-corrected chi connectivity index (χ3v) is 9.48. The Hall–Kier alpha value is -5.18. The summed E-state index contributed by atoms with van der Waals surface area (Å²) in [5, 5.41) is 7.70. The van der Waals surface area contributed by atoms with Crippen molar-refractivity contribution in [1.29, 1.82) is 5.41 Å². The minimum absolute atomic E-state index is 0.0131. The van der Waals surface area contributed by atoms with E-state index in [2.05, 4.69) is 59.2 Å². The first-order valence-corrected chi connectivity index (χ1v) is 17.2. The Kier molecular flexibility index (Phi) is 10.9. The fraction of sp³-hybridized carbons (Fsp3) is 0.220. The lowest BCUT2D eigenvalue weighted by molar-refractivity contribution is 0.0741. The van der Waals surface area contributed by atoms with E-state index < -0.39 is 0 Å². The molecule has 0 radical (unpaired) electrons. The highest BCUT2D eigenvalue weighted by Gasteiger charge is 2.20. The average molecular weight is 667 g/mol. The Bertz CT molecular complexity index is 2010. The molecular weight excluding hydrogens is 625 g/mol. The molecule has 6 rings (SSSR count). The second kappa shape index (κ2) is 15.8. The van der Waals surface area contributed by atoms with Crippen LogP contribution in [0.5, 0.6) is 0 Å². The fourth-order valence-corrected chi connectivity index (χ4v) is 6.47. The second-order valence-electron chi connectivity index (χ2n) is 12.5. The number of carbonyl (C=O) groups is 1. The summed E-state index contributed by atoms with van der Waals surface area (Å²) in [7, 11) is 0. The summed E-state index contributed by atoms with van der Waals surface area (Å²) >= 11 is 5.72. The summed E-state index contributed by atoms with van der Waals surface area (Å²) in [6.07, 6.45) is 10.2. The molecule has 1 amide bonds. The Morgan fingerprint density at radius 1 is 0.857 bits per heavy atom. The molecule has 0 atom stereocenters. The number of rotatable bonds is 14. The molecule has 1 aliphatic rings. The van der Waals surface area contributed by atoms with Gasteiger partial charge < -0.3 is 20.9 Å². The Morgan fingerprint density at radius 3 is 2.27 bits per heavy atom. The molecule has 49 heavy (non-hydrogen) atoms. The average Bonchev–Trinajstić information content (AvgIpc) is 3.48. The van der Waals surface area contributed by atoms with Gasteiger partial charge in [0.15, 0.2) is 0 Å². The Labute approximate surface area is 293 Å². The molecule has 248 valence electrons. The van der Waals surface area contributed by atoms with Gasteiger partial charge in [0, 0.05) is 48.5 Å². The van der Waals surface area contributed by atoms with Crippen LogP contribution < -0.4 is 11.5 Å². The topological polar surface area (TPSA) is 114 Å². The number of imidazole rings is 1. The zero-order valence-corrected chi connectivity index (χ0v) is 28.5. The zero-order chi connectivity index (χ0) is 34.2. The van der Waals surface area contributed by atoms with Crippen LogP contribution in [-0.4, -0.2) is 37.6 Å². The zero-order valence-electron chi connectivity index (χ0n) is 27.6. The van der Waals surface area contributed by atoms with Crippen LogP contribution in [0.3, 0.4) is 0 Å². The van der Waals surface area contributed by atoms with Crippen LogP contribution in [0.2, 0.25) is 0 Å². The van der Waals surface area contributed by atoms with Gasteiger partial charge in [-0.15, -0.1) is 0 Å². The number of hydrogen-bond donors (Lipinski definition) is 3. The van der Waals surface area contributed by atoms with Gasteiger partial charge in [0.1, 0.15) is 11.7 Å². The number of nitrogens with one attached hydrogen (secondary N) is 1. The van der Waals surface area contributed by atoms with Gasteiger partial charge in [0.25, 0.3) is 5.91 Å². The van der Waals surface area contributed by atoms with Crippen molar-refractivity contribution in [2.75, 3.05) is 6.54 Å².